The fourth-order valence-corrected chi connectivity index (χ4v) is 4.05. The summed E-state index contributed by atoms with van der Waals surface area (Å²) in [5.41, 5.74) is 0.979. The van der Waals surface area contributed by atoms with Crippen molar-refractivity contribution in [1.82, 2.24) is 5.32 Å². The molecule has 0 spiro atoms. The van der Waals surface area contributed by atoms with Crippen LogP contribution in [-0.4, -0.2) is 12.6 Å². The first kappa shape index (κ1) is 14.2. The minimum atomic E-state index is 0. The van der Waals surface area contributed by atoms with Crippen molar-refractivity contribution >= 4 is 0 Å². The molecule has 0 aromatic carbocycles. The van der Waals surface area contributed by atoms with Crippen LogP contribution in [0.1, 0.15) is 40.0 Å². The molecule has 1 heterocycles. The van der Waals surface area contributed by atoms with Gasteiger partial charge in [0.25, 0.3) is 0 Å². The minimum absolute atomic E-state index is 0. The van der Waals surface area contributed by atoms with Gasteiger partial charge in [0.2, 0.25) is 0 Å². The molecule has 1 saturated heterocycles. The minimum Gasteiger partial charge on any atom is -0.313 e. The third-order valence-electron chi connectivity index (χ3n) is 4.60. The molecule has 0 aromatic rings. The molecule has 3 atom stereocenters. The molecule has 1 N–H and O–H groups in total. The zero-order valence-corrected chi connectivity index (χ0v) is 11.3. The van der Waals surface area contributed by atoms with Crippen molar-refractivity contribution < 1.29 is 18.9 Å². The maximum atomic E-state index is 3.81. The molecule has 0 aromatic heterocycles. The molecule has 2 fully saturated rings. The van der Waals surface area contributed by atoms with Gasteiger partial charge in [0.05, 0.1) is 0 Å². The smallest absolute Gasteiger partial charge is 0.313 e. The van der Waals surface area contributed by atoms with Crippen molar-refractivity contribution in [1.29, 1.82) is 0 Å². The molecule has 0 amide bonds. The van der Waals surface area contributed by atoms with Crippen LogP contribution in [0.3, 0.4) is 0 Å². The average molecular weight is 213 g/mol. The average Bonchev–Trinajstić information content (AvgIpc) is 2.43. The van der Waals surface area contributed by atoms with E-state index in [-0.39, 0.29) is 18.9 Å². The summed E-state index contributed by atoms with van der Waals surface area (Å²) in [7, 11) is 0. The van der Waals surface area contributed by atoms with Crippen LogP contribution in [0.5, 0.6) is 0 Å². The van der Waals surface area contributed by atoms with E-state index in [1.165, 1.54) is 25.8 Å². The van der Waals surface area contributed by atoms with Gasteiger partial charge >= 0.3 is 18.9 Å². The van der Waals surface area contributed by atoms with Crippen LogP contribution in [0.15, 0.2) is 12.2 Å². The van der Waals surface area contributed by atoms with Crippen molar-refractivity contribution in [3.63, 3.8) is 0 Å². The summed E-state index contributed by atoms with van der Waals surface area (Å²) in [4.78, 5) is 0. The summed E-state index contributed by atoms with van der Waals surface area (Å²) in [5, 5.41) is 3.68. The molecule has 0 radical (unpaired) electrons. The summed E-state index contributed by atoms with van der Waals surface area (Å²) in [6.07, 6.45) is 8.09. The summed E-state index contributed by atoms with van der Waals surface area (Å²) in [6, 6.07) is 0.769. The van der Waals surface area contributed by atoms with Crippen molar-refractivity contribution in [2.75, 3.05) is 6.54 Å². The maximum Gasteiger partial charge on any atom is 1.00 e. The Labute approximate surface area is 113 Å². The van der Waals surface area contributed by atoms with Crippen LogP contribution < -0.4 is 24.2 Å². The molecule has 2 bridgehead atoms. The molecule has 2 aliphatic rings. The van der Waals surface area contributed by atoms with Crippen LogP contribution in [-0.2, 0) is 0 Å². The van der Waals surface area contributed by atoms with Crippen molar-refractivity contribution in [3.8, 4) is 0 Å². The second kappa shape index (κ2) is 4.81. The van der Waals surface area contributed by atoms with Gasteiger partial charge in [-0.25, -0.2) is 19.1 Å². The molecule has 3 unspecified atom stereocenters. The largest absolute Gasteiger partial charge is 1.00 e. The molecule has 1 nitrogen and oxygen atoms in total. The Morgan fingerprint density at radius 1 is 1.31 bits per heavy atom. The number of nitrogens with one attached hydrogen (secondary N) is 1. The standard InChI is InChI=1S/C14H24N.Li/c1-5-6-7-12-13(2,3)8-11-9-14(12,4)10-15-11;/h5-6,11-12,15H,1,7-10H2,2-4H3;/q-1;+1. The molecule has 1 aliphatic heterocycles. The second-order valence-electron chi connectivity index (χ2n) is 6.39. The van der Waals surface area contributed by atoms with Crippen molar-refractivity contribution in [2.24, 2.45) is 16.7 Å². The van der Waals surface area contributed by atoms with E-state index in [0.29, 0.717) is 10.8 Å². The number of allylic oxidation sites excluding steroid dienone is 2. The van der Waals surface area contributed by atoms with Gasteiger partial charge < -0.3 is 5.32 Å². The summed E-state index contributed by atoms with van der Waals surface area (Å²) < 4.78 is 0. The van der Waals surface area contributed by atoms with Gasteiger partial charge in [-0.1, -0.05) is 27.2 Å². The number of rotatable bonds is 2. The Hall–Kier alpha value is 0.167. The second-order valence-corrected chi connectivity index (χ2v) is 6.39. The monoisotopic (exact) mass is 213 g/mol. The Morgan fingerprint density at radius 3 is 2.62 bits per heavy atom. The van der Waals surface area contributed by atoms with Crippen LogP contribution in [0.25, 0.3) is 0 Å². The maximum absolute atomic E-state index is 3.81. The topological polar surface area (TPSA) is 12.0 Å². The molecule has 1 saturated carbocycles. The van der Waals surface area contributed by atoms with Crippen molar-refractivity contribution in [2.45, 2.75) is 46.1 Å². The van der Waals surface area contributed by atoms with Gasteiger partial charge in [-0.05, 0) is 29.6 Å². The number of hydrogen-bond acceptors (Lipinski definition) is 1. The molecule has 16 heavy (non-hydrogen) atoms. The Kier molecular flexibility index (Phi) is 4.27. The van der Waals surface area contributed by atoms with E-state index >= 15 is 0 Å². The molecule has 86 valence electrons. The van der Waals surface area contributed by atoms with Gasteiger partial charge in [-0.2, -0.15) is 0 Å². The first-order valence-electron chi connectivity index (χ1n) is 6.15. The molecule has 1 aliphatic carbocycles. The van der Waals surface area contributed by atoms with Gasteiger partial charge in [0.1, 0.15) is 0 Å². The van der Waals surface area contributed by atoms with E-state index in [9.17, 15) is 0 Å². The van der Waals surface area contributed by atoms with Crippen LogP contribution in [0.2, 0.25) is 0 Å². The molecule has 2 rings (SSSR count). The first-order chi connectivity index (χ1) is 6.98. The quantitative estimate of drug-likeness (QED) is 0.510. The van der Waals surface area contributed by atoms with Gasteiger partial charge in [-0.3, -0.25) is 0 Å². The first-order valence-corrected chi connectivity index (χ1v) is 6.15. The van der Waals surface area contributed by atoms with Gasteiger partial charge in [0.15, 0.2) is 0 Å². The van der Waals surface area contributed by atoms with Crippen LogP contribution in [0, 0.1) is 23.7 Å². The predicted octanol–water partition coefficient (Wildman–Crippen LogP) is 0.185. The predicted molar refractivity (Wildman–Crippen MR) is 65.5 cm³/mol. The van der Waals surface area contributed by atoms with E-state index < -0.39 is 0 Å². The zero-order valence-electron chi connectivity index (χ0n) is 11.3. The van der Waals surface area contributed by atoms with E-state index in [1.54, 1.807) is 0 Å². The number of fused-ring (bicyclic) bond motifs is 2. The SMILES string of the molecule is [CH2-]C=CCC1C(C)(C)CC2CC1(C)CN2.[Li+]. The summed E-state index contributed by atoms with van der Waals surface area (Å²) in [5.74, 6) is 0.800. The third kappa shape index (κ3) is 2.37. The molecular weight excluding hydrogens is 189 g/mol. The Morgan fingerprint density at radius 2 is 2.00 bits per heavy atom. The molecule has 2 heteroatoms. The molecular formula is C14H24LiN. The number of hydrogen-bond donors (Lipinski definition) is 1. The van der Waals surface area contributed by atoms with E-state index in [1.807, 2.05) is 6.08 Å². The van der Waals surface area contributed by atoms with Crippen molar-refractivity contribution in [3.05, 3.63) is 19.1 Å². The van der Waals surface area contributed by atoms with Gasteiger partial charge in [0, 0.05) is 12.6 Å². The summed E-state index contributed by atoms with van der Waals surface area (Å²) in [6.45, 7) is 12.3. The van der Waals surface area contributed by atoms with Crippen LogP contribution >= 0.6 is 0 Å². The van der Waals surface area contributed by atoms with Gasteiger partial charge in [-0.15, -0.1) is 0 Å². The third-order valence-corrected chi connectivity index (χ3v) is 4.60. The summed E-state index contributed by atoms with van der Waals surface area (Å²) >= 11 is 0. The van der Waals surface area contributed by atoms with E-state index in [0.717, 1.165) is 12.0 Å². The van der Waals surface area contributed by atoms with E-state index in [2.05, 4.69) is 39.1 Å². The fraction of sp³-hybridized carbons (Fsp3) is 0.786. The normalized spacial score (nSPS) is 40.9. The zero-order chi connectivity index (χ0) is 11.1. The fourth-order valence-electron chi connectivity index (χ4n) is 4.05. The van der Waals surface area contributed by atoms with E-state index in [4.69, 9.17) is 0 Å². The Bertz CT molecular complexity index is 272. The Balaban J connectivity index is 0.00000128. The van der Waals surface area contributed by atoms with Crippen LogP contribution in [0.4, 0.5) is 0 Å².